The van der Waals surface area contributed by atoms with Crippen LogP contribution in [0.25, 0.3) is 11.1 Å². The van der Waals surface area contributed by atoms with Crippen molar-refractivity contribution >= 4 is 11.1 Å². The summed E-state index contributed by atoms with van der Waals surface area (Å²) in [5.41, 5.74) is 15.0. The number of hydrogen-bond donors (Lipinski definition) is 0. The van der Waals surface area contributed by atoms with E-state index in [4.69, 9.17) is 0 Å². The summed E-state index contributed by atoms with van der Waals surface area (Å²) in [6, 6.07) is 16.9. The fourth-order valence-electron chi connectivity index (χ4n) is 5.44. The second-order valence-corrected chi connectivity index (χ2v) is 10.1. The summed E-state index contributed by atoms with van der Waals surface area (Å²) in [5.74, 6) is 0. The molecule has 0 saturated heterocycles. The quantitative estimate of drug-likeness (QED) is 0.314. The van der Waals surface area contributed by atoms with Gasteiger partial charge >= 0.3 is 0 Å². The van der Waals surface area contributed by atoms with Gasteiger partial charge in [0.1, 0.15) is 0 Å². The average molecular weight is 454 g/mol. The zero-order valence-electron chi connectivity index (χ0n) is 21.0. The summed E-state index contributed by atoms with van der Waals surface area (Å²) in [4.78, 5) is 0. The molecule has 0 unspecified atom stereocenters. The molecule has 2 aromatic carbocycles. The molecule has 0 N–H and O–H groups in total. The normalized spacial score (nSPS) is 19.7. The molecule has 0 nitrogen and oxygen atoms in total. The first kappa shape index (κ1) is 25.4. The van der Waals surface area contributed by atoms with Gasteiger partial charge in [0, 0.05) is 17.1 Å². The minimum absolute atomic E-state index is 0. The number of hydrogen-bond acceptors (Lipinski definition) is 0. The molecule has 0 radical (unpaired) electrons. The van der Waals surface area contributed by atoms with E-state index in [0.29, 0.717) is 0 Å². The van der Waals surface area contributed by atoms with Crippen LogP contribution in [-0.2, 0) is 17.1 Å². The van der Waals surface area contributed by atoms with Crippen molar-refractivity contribution in [3.63, 3.8) is 0 Å². The minimum Gasteiger partial charge on any atom is -0.748 e. The summed E-state index contributed by atoms with van der Waals surface area (Å²) in [6.45, 7) is 23.3. The molecule has 2 aliphatic rings. The SMILES string of the molecule is CC1=C(C)C(C)(C)C(c2ccc[c-]2C2=C(C)C(C)=C(C)C2(C)C)=C1C.[Fe].[cH-]1[cH-][cH-][cH-][cH-]1. The average Bonchev–Trinajstić information content (AvgIpc) is 3.44. The third-order valence-electron chi connectivity index (χ3n) is 8.04. The van der Waals surface area contributed by atoms with E-state index in [0.717, 1.165) is 0 Å². The number of rotatable bonds is 2. The first-order chi connectivity index (χ1) is 13.9. The molecule has 4 rings (SSSR count). The van der Waals surface area contributed by atoms with Crippen LogP contribution >= 0.6 is 0 Å². The van der Waals surface area contributed by atoms with Gasteiger partial charge in [0.15, 0.2) is 0 Å². The van der Waals surface area contributed by atoms with Gasteiger partial charge in [0.2, 0.25) is 0 Å². The van der Waals surface area contributed by atoms with E-state index in [1.807, 2.05) is 30.3 Å². The first-order valence-corrected chi connectivity index (χ1v) is 11.2. The summed E-state index contributed by atoms with van der Waals surface area (Å²) in [7, 11) is 0. The van der Waals surface area contributed by atoms with Gasteiger partial charge in [-0.1, -0.05) is 84.8 Å². The van der Waals surface area contributed by atoms with Crippen molar-refractivity contribution in [1.82, 2.24) is 0 Å². The third-order valence-corrected chi connectivity index (χ3v) is 8.04. The Morgan fingerprint density at radius 2 is 1.10 bits per heavy atom. The third kappa shape index (κ3) is 4.04. The molecule has 0 heterocycles. The molecule has 0 atom stereocenters. The van der Waals surface area contributed by atoms with Crippen molar-refractivity contribution in [2.75, 3.05) is 0 Å². The number of allylic oxidation sites excluding steroid dienone is 8. The van der Waals surface area contributed by atoms with Gasteiger partial charge in [-0.2, -0.15) is 12.1 Å². The van der Waals surface area contributed by atoms with Gasteiger partial charge in [-0.05, 0) is 45.4 Å². The van der Waals surface area contributed by atoms with E-state index >= 15 is 0 Å². The summed E-state index contributed by atoms with van der Waals surface area (Å²) >= 11 is 0. The smallest absolute Gasteiger partial charge is 0 e. The Bertz CT molecular complexity index is 980. The Labute approximate surface area is 201 Å². The molecule has 1 heteroatoms. The van der Waals surface area contributed by atoms with Gasteiger partial charge < -0.3 is 30.3 Å². The van der Waals surface area contributed by atoms with Crippen molar-refractivity contribution in [1.29, 1.82) is 0 Å². The van der Waals surface area contributed by atoms with Gasteiger partial charge in [0.25, 0.3) is 0 Å². The molecule has 0 spiro atoms. The van der Waals surface area contributed by atoms with Crippen LogP contribution in [0, 0.1) is 10.8 Å². The Morgan fingerprint density at radius 3 is 1.48 bits per heavy atom. The van der Waals surface area contributed by atoms with Crippen LogP contribution in [0.5, 0.6) is 0 Å². The maximum Gasteiger partial charge on any atom is 0 e. The molecule has 31 heavy (non-hydrogen) atoms. The predicted octanol–water partition coefficient (Wildman–Crippen LogP) is 9.11. The van der Waals surface area contributed by atoms with E-state index in [2.05, 4.69) is 87.4 Å². The summed E-state index contributed by atoms with van der Waals surface area (Å²) in [5, 5.41) is 0. The maximum absolute atomic E-state index is 2.38. The van der Waals surface area contributed by atoms with Crippen LogP contribution in [-0.4, -0.2) is 0 Å². The maximum atomic E-state index is 2.38. The van der Waals surface area contributed by atoms with Crippen LogP contribution in [0.4, 0.5) is 0 Å². The van der Waals surface area contributed by atoms with E-state index in [1.54, 1.807) is 0 Å². The Hall–Kier alpha value is -1.82. The first-order valence-electron chi connectivity index (χ1n) is 11.2. The van der Waals surface area contributed by atoms with Crippen molar-refractivity contribution in [3.05, 3.63) is 93.1 Å². The summed E-state index contributed by atoms with van der Waals surface area (Å²) in [6.07, 6.45) is 0. The van der Waals surface area contributed by atoms with Crippen LogP contribution in [0.15, 0.2) is 82.0 Å². The van der Waals surface area contributed by atoms with Crippen molar-refractivity contribution in [2.24, 2.45) is 10.8 Å². The Morgan fingerprint density at radius 1 is 0.645 bits per heavy atom. The monoisotopic (exact) mass is 454 g/mol. The second kappa shape index (κ2) is 8.97. The van der Waals surface area contributed by atoms with E-state index in [1.165, 1.54) is 55.7 Å². The standard InChI is InChI=1S/C25H33.C5H5.Fe/c1-14-16(3)22(24(7,8)18(14)5)20-12-11-13-21(20)23-17(4)15(2)19(6)25(23,9)10;1-2-4-5-3-1;/h11-13H,1-10H3;1-5H;/q-1;-5;. The Kier molecular flexibility index (Phi) is 7.36. The molecule has 2 aromatic rings. The van der Waals surface area contributed by atoms with Gasteiger partial charge in [0.05, 0.1) is 0 Å². The van der Waals surface area contributed by atoms with Crippen LogP contribution < -0.4 is 0 Å². The summed E-state index contributed by atoms with van der Waals surface area (Å²) < 4.78 is 0. The van der Waals surface area contributed by atoms with Crippen molar-refractivity contribution in [2.45, 2.75) is 69.2 Å². The molecule has 0 fully saturated rings. The van der Waals surface area contributed by atoms with E-state index in [-0.39, 0.29) is 27.9 Å². The molecule has 0 saturated carbocycles. The molecule has 2 aliphatic carbocycles. The minimum atomic E-state index is 0. The topological polar surface area (TPSA) is 0 Å². The molecule has 0 bridgehead atoms. The van der Waals surface area contributed by atoms with Crippen LogP contribution in [0.2, 0.25) is 0 Å². The zero-order chi connectivity index (χ0) is 22.4. The Balaban J connectivity index is 0.000000501. The van der Waals surface area contributed by atoms with Crippen LogP contribution in [0.1, 0.15) is 80.4 Å². The van der Waals surface area contributed by atoms with E-state index in [9.17, 15) is 0 Å². The molecular weight excluding hydrogens is 416 g/mol. The molecule has 0 aromatic heterocycles. The van der Waals surface area contributed by atoms with Crippen molar-refractivity contribution in [3.8, 4) is 0 Å². The largest absolute Gasteiger partial charge is 0.748 e. The molecule has 0 aliphatic heterocycles. The van der Waals surface area contributed by atoms with Crippen molar-refractivity contribution < 1.29 is 17.1 Å². The second-order valence-electron chi connectivity index (χ2n) is 10.1. The van der Waals surface area contributed by atoms with E-state index < -0.39 is 0 Å². The predicted molar refractivity (Wildman–Crippen MR) is 134 cm³/mol. The molecular formula is C30H38Fe-6. The zero-order valence-corrected chi connectivity index (χ0v) is 22.1. The van der Waals surface area contributed by atoms with Gasteiger partial charge in [-0.15, -0.1) is 11.6 Å². The fourth-order valence-corrected chi connectivity index (χ4v) is 5.44. The van der Waals surface area contributed by atoms with Crippen LogP contribution in [0.3, 0.4) is 0 Å². The fraction of sp³-hybridized carbons (Fsp3) is 0.400. The van der Waals surface area contributed by atoms with Gasteiger partial charge in [-0.3, -0.25) is 0 Å². The molecule has 172 valence electrons. The molecule has 0 amide bonds. The van der Waals surface area contributed by atoms with Gasteiger partial charge in [-0.25, -0.2) is 0 Å².